The van der Waals surface area contributed by atoms with Crippen molar-refractivity contribution >= 4 is 5.82 Å². The predicted molar refractivity (Wildman–Crippen MR) is 55.8 cm³/mol. The highest BCUT2D eigenvalue weighted by Gasteiger charge is 2.25. The molecule has 0 radical (unpaired) electrons. The van der Waals surface area contributed by atoms with Crippen LogP contribution in [0.2, 0.25) is 0 Å². The largest absolute Gasteiger partial charge is 0.495 e. The number of methoxy groups -OCH3 is 1. The van der Waals surface area contributed by atoms with E-state index in [1.807, 2.05) is 19.2 Å². The van der Waals surface area contributed by atoms with Crippen molar-refractivity contribution in [2.24, 2.45) is 0 Å². The van der Waals surface area contributed by atoms with E-state index in [1.165, 1.54) is 0 Å². The summed E-state index contributed by atoms with van der Waals surface area (Å²) in [6.07, 6.45) is 1.75. The minimum Gasteiger partial charge on any atom is -0.495 e. The van der Waals surface area contributed by atoms with E-state index in [4.69, 9.17) is 4.74 Å². The molecule has 2 heterocycles. The fourth-order valence-corrected chi connectivity index (χ4v) is 1.53. The van der Waals surface area contributed by atoms with Crippen LogP contribution in [0, 0.1) is 0 Å². The minimum absolute atomic E-state index is 0.610. The molecular weight excluding hydrogens is 178 g/mol. The maximum atomic E-state index is 5.05. The lowest BCUT2D eigenvalue weighted by Crippen LogP contribution is -2.57. The molecule has 0 bridgehead atoms. The van der Waals surface area contributed by atoms with E-state index >= 15 is 0 Å². The average Bonchev–Trinajstić information content (AvgIpc) is 2.17. The number of likely N-dealkylation sites (N-methyl/N-ethyl adjacent to an activating group) is 1. The van der Waals surface area contributed by atoms with Crippen molar-refractivity contribution in [1.82, 2.24) is 10.3 Å². The summed E-state index contributed by atoms with van der Waals surface area (Å²) in [6.45, 7) is 2.08. The van der Waals surface area contributed by atoms with Crippen molar-refractivity contribution in [2.45, 2.75) is 6.04 Å². The molecule has 1 aromatic heterocycles. The van der Waals surface area contributed by atoms with Crippen molar-refractivity contribution in [3.63, 3.8) is 0 Å². The molecule has 1 aliphatic heterocycles. The Balaban J connectivity index is 1.98. The van der Waals surface area contributed by atoms with Gasteiger partial charge in [0.05, 0.1) is 13.3 Å². The molecule has 0 amide bonds. The van der Waals surface area contributed by atoms with Gasteiger partial charge in [-0.2, -0.15) is 0 Å². The highest BCUT2D eigenvalue weighted by atomic mass is 16.5. The van der Waals surface area contributed by atoms with Gasteiger partial charge in [-0.25, -0.2) is 4.98 Å². The third-order valence-corrected chi connectivity index (χ3v) is 2.57. The zero-order valence-corrected chi connectivity index (χ0v) is 8.53. The first-order valence-electron chi connectivity index (χ1n) is 4.75. The quantitative estimate of drug-likeness (QED) is 0.758. The van der Waals surface area contributed by atoms with E-state index in [2.05, 4.69) is 15.2 Å². The van der Waals surface area contributed by atoms with Gasteiger partial charge >= 0.3 is 0 Å². The van der Waals surface area contributed by atoms with Gasteiger partial charge < -0.3 is 15.0 Å². The molecular formula is C10H15N3O. The van der Waals surface area contributed by atoms with Crippen LogP contribution in [-0.2, 0) is 0 Å². The number of rotatable bonds is 3. The van der Waals surface area contributed by atoms with E-state index in [1.54, 1.807) is 13.3 Å². The molecule has 14 heavy (non-hydrogen) atoms. The van der Waals surface area contributed by atoms with Crippen LogP contribution in [0.25, 0.3) is 0 Å². The zero-order chi connectivity index (χ0) is 9.97. The number of ether oxygens (including phenoxy) is 1. The van der Waals surface area contributed by atoms with Crippen molar-refractivity contribution in [2.75, 3.05) is 32.1 Å². The highest BCUT2D eigenvalue weighted by molar-refractivity contribution is 5.44. The maximum Gasteiger partial charge on any atom is 0.137 e. The van der Waals surface area contributed by atoms with Gasteiger partial charge in [-0.3, -0.25) is 0 Å². The van der Waals surface area contributed by atoms with Crippen LogP contribution in [0.1, 0.15) is 0 Å². The first kappa shape index (κ1) is 9.27. The number of nitrogens with zero attached hydrogens (tertiary/aromatic N) is 2. The molecule has 1 saturated heterocycles. The topological polar surface area (TPSA) is 37.4 Å². The Morgan fingerprint density at radius 3 is 2.79 bits per heavy atom. The van der Waals surface area contributed by atoms with Crippen LogP contribution in [0.4, 0.5) is 5.82 Å². The standard InChI is InChI=1S/C10H15N3O/c1-11-8-6-13(7-8)10-4-3-9(14-2)5-12-10/h3-5,8,11H,6-7H2,1-2H3. The third-order valence-electron chi connectivity index (χ3n) is 2.57. The van der Waals surface area contributed by atoms with E-state index in [9.17, 15) is 0 Å². The predicted octanol–water partition coefficient (Wildman–Crippen LogP) is 0.498. The lowest BCUT2D eigenvalue weighted by atomic mass is 10.1. The highest BCUT2D eigenvalue weighted by Crippen LogP contribution is 2.20. The molecule has 4 heteroatoms. The van der Waals surface area contributed by atoms with Gasteiger partial charge in [0.15, 0.2) is 0 Å². The van der Waals surface area contributed by atoms with Crippen molar-refractivity contribution in [3.8, 4) is 5.75 Å². The van der Waals surface area contributed by atoms with E-state index in [0.717, 1.165) is 24.7 Å². The van der Waals surface area contributed by atoms with Gasteiger partial charge in [0.25, 0.3) is 0 Å². The lowest BCUT2D eigenvalue weighted by Gasteiger charge is -2.39. The first-order valence-corrected chi connectivity index (χ1v) is 4.75. The van der Waals surface area contributed by atoms with Gasteiger partial charge in [-0.1, -0.05) is 0 Å². The molecule has 0 aromatic carbocycles. The SMILES string of the molecule is CNC1CN(c2ccc(OC)cn2)C1. The summed E-state index contributed by atoms with van der Waals surface area (Å²) in [5, 5.41) is 3.23. The number of nitrogens with one attached hydrogen (secondary N) is 1. The molecule has 0 spiro atoms. The molecule has 1 aliphatic rings. The van der Waals surface area contributed by atoms with Crippen LogP contribution in [-0.4, -0.2) is 38.3 Å². The van der Waals surface area contributed by atoms with Gasteiger partial charge in [-0.15, -0.1) is 0 Å². The van der Waals surface area contributed by atoms with Crippen LogP contribution < -0.4 is 15.0 Å². The molecule has 1 aromatic rings. The fourth-order valence-electron chi connectivity index (χ4n) is 1.53. The maximum absolute atomic E-state index is 5.05. The summed E-state index contributed by atoms with van der Waals surface area (Å²) in [5.74, 6) is 1.83. The van der Waals surface area contributed by atoms with Crippen molar-refractivity contribution < 1.29 is 4.74 Å². The van der Waals surface area contributed by atoms with Gasteiger partial charge in [0.1, 0.15) is 11.6 Å². The van der Waals surface area contributed by atoms with Crippen LogP contribution in [0.5, 0.6) is 5.75 Å². The molecule has 4 nitrogen and oxygen atoms in total. The van der Waals surface area contributed by atoms with Gasteiger partial charge in [0.2, 0.25) is 0 Å². The molecule has 0 unspecified atom stereocenters. The number of hydrogen-bond donors (Lipinski definition) is 1. The Bertz CT molecular complexity index is 293. The fraction of sp³-hybridized carbons (Fsp3) is 0.500. The van der Waals surface area contributed by atoms with E-state index in [-0.39, 0.29) is 0 Å². The second-order valence-electron chi connectivity index (χ2n) is 3.45. The molecule has 0 atom stereocenters. The van der Waals surface area contributed by atoms with Gasteiger partial charge in [-0.05, 0) is 19.2 Å². The van der Waals surface area contributed by atoms with Crippen LogP contribution in [0.3, 0.4) is 0 Å². The molecule has 0 saturated carbocycles. The molecule has 1 fully saturated rings. The van der Waals surface area contributed by atoms with E-state index < -0.39 is 0 Å². The number of aromatic nitrogens is 1. The van der Waals surface area contributed by atoms with Crippen molar-refractivity contribution in [1.29, 1.82) is 0 Å². The second kappa shape index (κ2) is 3.84. The summed E-state index contributed by atoms with van der Waals surface area (Å²) < 4.78 is 5.05. The average molecular weight is 193 g/mol. The Kier molecular flexibility index (Phi) is 2.54. The number of anilines is 1. The van der Waals surface area contributed by atoms with E-state index in [0.29, 0.717) is 6.04 Å². The third kappa shape index (κ3) is 1.65. The Hall–Kier alpha value is -1.29. The van der Waals surface area contributed by atoms with Crippen molar-refractivity contribution in [3.05, 3.63) is 18.3 Å². The molecule has 0 aliphatic carbocycles. The van der Waals surface area contributed by atoms with Crippen LogP contribution >= 0.6 is 0 Å². The monoisotopic (exact) mass is 193 g/mol. The zero-order valence-electron chi connectivity index (χ0n) is 8.53. The molecule has 2 rings (SSSR count). The Labute approximate surface area is 83.9 Å². The summed E-state index contributed by atoms with van der Waals surface area (Å²) in [5.41, 5.74) is 0. The summed E-state index contributed by atoms with van der Waals surface area (Å²) in [7, 11) is 3.64. The minimum atomic E-state index is 0.610. The van der Waals surface area contributed by atoms with Crippen LogP contribution in [0.15, 0.2) is 18.3 Å². The Morgan fingerprint density at radius 2 is 2.29 bits per heavy atom. The number of hydrogen-bond acceptors (Lipinski definition) is 4. The normalized spacial score (nSPS) is 16.6. The lowest BCUT2D eigenvalue weighted by molar-refractivity contribution is 0.411. The molecule has 1 N–H and O–H groups in total. The summed E-state index contributed by atoms with van der Waals surface area (Å²) in [6, 6.07) is 4.54. The Morgan fingerprint density at radius 1 is 1.50 bits per heavy atom. The smallest absolute Gasteiger partial charge is 0.137 e. The first-order chi connectivity index (χ1) is 6.83. The van der Waals surface area contributed by atoms with Gasteiger partial charge in [0, 0.05) is 19.1 Å². The molecule has 76 valence electrons. The number of pyridine rings is 1. The second-order valence-corrected chi connectivity index (χ2v) is 3.45. The summed E-state index contributed by atoms with van der Waals surface area (Å²) in [4.78, 5) is 6.55. The summed E-state index contributed by atoms with van der Waals surface area (Å²) >= 11 is 0.